The first-order valence-electron chi connectivity index (χ1n) is 10.2. The van der Waals surface area contributed by atoms with Crippen LogP contribution in [0.25, 0.3) is 34.3 Å². The fourth-order valence-electron chi connectivity index (χ4n) is 3.20. The van der Waals surface area contributed by atoms with Gasteiger partial charge in [0.1, 0.15) is 5.69 Å². The molecule has 0 saturated carbocycles. The van der Waals surface area contributed by atoms with Crippen LogP contribution in [-0.4, -0.2) is 41.4 Å². The number of hydrogen-bond acceptors (Lipinski definition) is 8. The largest absolute Gasteiger partial charge is 0.415 e. The van der Waals surface area contributed by atoms with E-state index in [1.54, 1.807) is 37.4 Å². The number of nitrogens with zero attached hydrogens (tertiary/aromatic N) is 4. The fourth-order valence-corrected chi connectivity index (χ4v) is 4.08. The molecule has 0 atom stereocenters. The lowest BCUT2D eigenvalue weighted by atomic mass is 10.1. The number of nitrogens with one attached hydrogen (secondary N) is 1. The lowest BCUT2D eigenvalue weighted by molar-refractivity contribution is 0.581. The number of aryl methyl sites for hydroxylation is 1. The molecule has 0 unspecified atom stereocenters. The molecule has 0 saturated heterocycles. The molecule has 0 aliphatic rings. The average Bonchev–Trinajstić information content (AvgIpc) is 3.30. The van der Waals surface area contributed by atoms with Crippen LogP contribution in [0.4, 0.5) is 0 Å². The van der Waals surface area contributed by atoms with E-state index in [9.17, 15) is 8.42 Å². The first kappa shape index (κ1) is 21.8. The minimum Gasteiger partial charge on any atom is -0.415 e. The summed E-state index contributed by atoms with van der Waals surface area (Å²) in [5.74, 6) is 0.728. The third-order valence-electron chi connectivity index (χ3n) is 5.05. The Hall–Kier alpha value is -3.43. The Bertz CT molecular complexity index is 1330. The molecule has 8 nitrogen and oxygen atoms in total. The van der Waals surface area contributed by atoms with Gasteiger partial charge in [0.15, 0.2) is 9.84 Å². The van der Waals surface area contributed by atoms with Crippen molar-refractivity contribution in [2.24, 2.45) is 0 Å². The summed E-state index contributed by atoms with van der Waals surface area (Å²) in [6, 6.07) is 14.5. The maximum Gasteiger partial charge on any atom is 0.268 e. The van der Waals surface area contributed by atoms with Gasteiger partial charge in [0.05, 0.1) is 28.2 Å². The van der Waals surface area contributed by atoms with Crippen molar-refractivity contribution >= 4 is 9.84 Å². The molecule has 4 rings (SSSR count). The topological polar surface area (TPSA) is 111 Å². The summed E-state index contributed by atoms with van der Waals surface area (Å²) in [5.41, 5.74) is 4.44. The highest BCUT2D eigenvalue weighted by Crippen LogP contribution is 2.27. The lowest BCUT2D eigenvalue weighted by Crippen LogP contribution is -2.04. The van der Waals surface area contributed by atoms with E-state index in [0.29, 0.717) is 23.0 Å². The average molecular weight is 450 g/mol. The molecule has 32 heavy (non-hydrogen) atoms. The molecule has 2 heterocycles. The summed E-state index contributed by atoms with van der Waals surface area (Å²) in [5, 5.41) is 11.4. The van der Waals surface area contributed by atoms with E-state index in [1.807, 2.05) is 38.2 Å². The molecule has 0 radical (unpaired) electrons. The van der Waals surface area contributed by atoms with Crippen LogP contribution in [0.15, 0.2) is 64.0 Å². The van der Waals surface area contributed by atoms with Crippen LogP contribution in [0.1, 0.15) is 18.2 Å². The highest BCUT2D eigenvalue weighted by molar-refractivity contribution is 7.91. The Kier molecular flexibility index (Phi) is 6.11. The van der Waals surface area contributed by atoms with Crippen molar-refractivity contribution in [3.63, 3.8) is 0 Å². The second-order valence-corrected chi connectivity index (χ2v) is 9.53. The quantitative estimate of drug-likeness (QED) is 0.455. The van der Waals surface area contributed by atoms with Crippen molar-refractivity contribution in [1.82, 2.24) is 25.5 Å². The SMILES string of the molecule is CCS(=O)(=O)c1ccc(-c2cnc(C)c(-c3nnc(-c4ccc(CNC)cc4)o3)n2)cc1. The van der Waals surface area contributed by atoms with E-state index < -0.39 is 9.84 Å². The van der Waals surface area contributed by atoms with Crippen molar-refractivity contribution in [2.45, 2.75) is 25.3 Å². The van der Waals surface area contributed by atoms with Crippen LogP contribution in [0.5, 0.6) is 0 Å². The number of hydrogen-bond donors (Lipinski definition) is 1. The highest BCUT2D eigenvalue weighted by atomic mass is 32.2. The zero-order valence-electron chi connectivity index (χ0n) is 18.0. The first-order valence-corrected chi connectivity index (χ1v) is 11.8. The van der Waals surface area contributed by atoms with Gasteiger partial charge in [-0.25, -0.2) is 13.4 Å². The maximum atomic E-state index is 12.0. The monoisotopic (exact) mass is 449 g/mol. The maximum absolute atomic E-state index is 12.0. The van der Waals surface area contributed by atoms with Crippen LogP contribution in [-0.2, 0) is 16.4 Å². The van der Waals surface area contributed by atoms with Crippen molar-refractivity contribution in [1.29, 1.82) is 0 Å². The summed E-state index contributed by atoms with van der Waals surface area (Å²) in [7, 11) is -1.36. The Morgan fingerprint density at radius 3 is 2.25 bits per heavy atom. The van der Waals surface area contributed by atoms with Gasteiger partial charge in [-0.2, -0.15) is 0 Å². The zero-order chi connectivity index (χ0) is 22.7. The first-order chi connectivity index (χ1) is 15.4. The van der Waals surface area contributed by atoms with Crippen molar-refractivity contribution < 1.29 is 12.8 Å². The molecule has 2 aromatic carbocycles. The molecule has 0 fully saturated rings. The number of aromatic nitrogens is 4. The molecule has 0 aliphatic carbocycles. The van der Waals surface area contributed by atoms with Crippen LogP contribution >= 0.6 is 0 Å². The second-order valence-electron chi connectivity index (χ2n) is 7.26. The Morgan fingerprint density at radius 1 is 0.938 bits per heavy atom. The predicted molar refractivity (Wildman–Crippen MR) is 121 cm³/mol. The van der Waals surface area contributed by atoms with Crippen LogP contribution < -0.4 is 5.32 Å². The van der Waals surface area contributed by atoms with Gasteiger partial charge >= 0.3 is 0 Å². The molecule has 1 N–H and O–H groups in total. The van der Waals surface area contributed by atoms with E-state index in [2.05, 4.69) is 25.5 Å². The van der Waals surface area contributed by atoms with Crippen LogP contribution in [0.3, 0.4) is 0 Å². The molecule has 0 aliphatic heterocycles. The molecular formula is C23H23N5O3S. The smallest absolute Gasteiger partial charge is 0.268 e. The predicted octanol–water partition coefficient (Wildman–Crippen LogP) is 3.68. The molecule has 0 amide bonds. The van der Waals surface area contributed by atoms with Gasteiger partial charge < -0.3 is 9.73 Å². The molecule has 0 bridgehead atoms. The minimum absolute atomic E-state index is 0.0541. The highest BCUT2D eigenvalue weighted by Gasteiger charge is 2.17. The number of benzene rings is 2. The molecule has 4 aromatic rings. The van der Waals surface area contributed by atoms with E-state index in [0.717, 1.165) is 23.2 Å². The normalized spacial score (nSPS) is 11.6. The lowest BCUT2D eigenvalue weighted by Gasteiger charge is -2.06. The van der Waals surface area contributed by atoms with Gasteiger partial charge in [-0.05, 0) is 43.8 Å². The molecule has 0 spiro atoms. The van der Waals surface area contributed by atoms with Gasteiger partial charge in [0.2, 0.25) is 5.89 Å². The van der Waals surface area contributed by atoms with E-state index in [-0.39, 0.29) is 16.5 Å². The van der Waals surface area contributed by atoms with Gasteiger partial charge in [-0.1, -0.05) is 31.2 Å². The van der Waals surface area contributed by atoms with Crippen molar-refractivity contribution in [3.05, 3.63) is 66.0 Å². The molecular weight excluding hydrogens is 426 g/mol. The van der Waals surface area contributed by atoms with Crippen LogP contribution in [0, 0.1) is 6.92 Å². The Labute approximate surface area is 186 Å². The summed E-state index contributed by atoms with van der Waals surface area (Å²) >= 11 is 0. The summed E-state index contributed by atoms with van der Waals surface area (Å²) in [6.45, 7) is 4.22. The van der Waals surface area contributed by atoms with E-state index >= 15 is 0 Å². The third-order valence-corrected chi connectivity index (χ3v) is 6.80. The van der Waals surface area contributed by atoms with Gasteiger partial charge in [0.25, 0.3) is 5.89 Å². The van der Waals surface area contributed by atoms with Crippen LogP contribution in [0.2, 0.25) is 0 Å². The standard InChI is InChI=1S/C23H23N5O3S/c1-4-32(29,30)19-11-9-17(10-12-19)20-14-25-15(2)21(26-20)23-28-27-22(31-23)18-7-5-16(6-8-18)13-24-3/h5-12,14,24H,4,13H2,1-3H3. The Balaban J connectivity index is 1.64. The Morgan fingerprint density at radius 2 is 1.59 bits per heavy atom. The molecule has 2 aromatic heterocycles. The molecule has 9 heteroatoms. The third kappa shape index (κ3) is 4.44. The van der Waals surface area contributed by atoms with E-state index in [4.69, 9.17) is 4.42 Å². The number of rotatable bonds is 7. The van der Waals surface area contributed by atoms with Gasteiger partial charge in [-0.3, -0.25) is 4.98 Å². The van der Waals surface area contributed by atoms with Gasteiger partial charge in [-0.15, -0.1) is 10.2 Å². The second kappa shape index (κ2) is 8.97. The molecule has 164 valence electrons. The minimum atomic E-state index is -3.26. The van der Waals surface area contributed by atoms with Crippen molar-refractivity contribution in [3.8, 4) is 34.3 Å². The number of sulfone groups is 1. The summed E-state index contributed by atoms with van der Waals surface area (Å²) in [6.07, 6.45) is 1.64. The van der Waals surface area contributed by atoms with Crippen molar-refractivity contribution in [2.75, 3.05) is 12.8 Å². The fraction of sp³-hybridized carbons (Fsp3) is 0.217. The zero-order valence-corrected chi connectivity index (χ0v) is 18.8. The summed E-state index contributed by atoms with van der Waals surface area (Å²) in [4.78, 5) is 9.36. The summed E-state index contributed by atoms with van der Waals surface area (Å²) < 4.78 is 30.0. The van der Waals surface area contributed by atoms with Gasteiger partial charge in [0, 0.05) is 17.7 Å². The van der Waals surface area contributed by atoms with E-state index in [1.165, 1.54) is 0 Å².